The first-order chi connectivity index (χ1) is 8.04. The van der Waals surface area contributed by atoms with Crippen LogP contribution in [0.1, 0.15) is 18.4 Å². The van der Waals surface area contributed by atoms with Gasteiger partial charge in [-0.25, -0.2) is 8.78 Å². The van der Waals surface area contributed by atoms with Crippen molar-refractivity contribution in [1.29, 1.82) is 0 Å². The lowest BCUT2D eigenvalue weighted by atomic mass is 10.1. The molecule has 0 unspecified atom stereocenters. The van der Waals surface area contributed by atoms with Crippen LogP contribution in [0.25, 0.3) is 0 Å². The number of nitrogens with zero attached hydrogens (tertiary/aromatic N) is 1. The number of aliphatic hydroxyl groups is 1. The molecule has 1 aromatic carbocycles. The van der Waals surface area contributed by atoms with Gasteiger partial charge in [0, 0.05) is 25.1 Å². The quantitative estimate of drug-likeness (QED) is 0.854. The Morgan fingerprint density at radius 1 is 1.29 bits per heavy atom. The van der Waals surface area contributed by atoms with Crippen molar-refractivity contribution in [1.82, 2.24) is 4.90 Å². The highest BCUT2D eigenvalue weighted by Gasteiger charge is 2.42. The minimum atomic E-state index is -0.814. The molecule has 0 spiro atoms. The molecule has 1 N–H and O–H groups in total. The van der Waals surface area contributed by atoms with Crippen LogP contribution in [0.4, 0.5) is 8.78 Å². The van der Waals surface area contributed by atoms with E-state index in [1.54, 1.807) is 6.07 Å². The van der Waals surface area contributed by atoms with E-state index in [2.05, 4.69) is 0 Å². The van der Waals surface area contributed by atoms with Gasteiger partial charge in [0.2, 0.25) is 0 Å². The summed E-state index contributed by atoms with van der Waals surface area (Å²) in [5.74, 6) is -1.62. The van der Waals surface area contributed by atoms with Crippen LogP contribution in [0.5, 0.6) is 0 Å². The Balaban J connectivity index is 1.93. The summed E-state index contributed by atoms with van der Waals surface area (Å²) in [6.45, 7) is 1.57. The average Bonchev–Trinajstić information content (AvgIpc) is 3.04. The van der Waals surface area contributed by atoms with E-state index >= 15 is 0 Å². The standard InChI is InChI=1S/C13H17F2NO/c1-16(8-13(9-17)4-5-13)7-10-2-3-11(14)12(15)6-10/h2-3,6,17H,4-5,7-9H2,1H3. The highest BCUT2D eigenvalue weighted by molar-refractivity contribution is 5.17. The fourth-order valence-electron chi connectivity index (χ4n) is 2.12. The molecule has 17 heavy (non-hydrogen) atoms. The second-order valence-corrected chi connectivity index (χ2v) is 5.08. The summed E-state index contributed by atoms with van der Waals surface area (Å²) in [6.07, 6.45) is 2.09. The molecule has 94 valence electrons. The SMILES string of the molecule is CN(Cc1ccc(F)c(F)c1)CC1(CO)CC1. The zero-order chi connectivity index (χ0) is 12.5. The van der Waals surface area contributed by atoms with Gasteiger partial charge >= 0.3 is 0 Å². The second-order valence-electron chi connectivity index (χ2n) is 5.08. The summed E-state index contributed by atoms with van der Waals surface area (Å²) in [5, 5.41) is 9.22. The molecule has 0 bridgehead atoms. The molecule has 0 atom stereocenters. The fraction of sp³-hybridized carbons (Fsp3) is 0.538. The highest BCUT2D eigenvalue weighted by atomic mass is 19.2. The van der Waals surface area contributed by atoms with Crippen LogP contribution in [0.15, 0.2) is 18.2 Å². The summed E-state index contributed by atoms with van der Waals surface area (Å²) < 4.78 is 25.8. The van der Waals surface area contributed by atoms with Crippen LogP contribution in [0.2, 0.25) is 0 Å². The largest absolute Gasteiger partial charge is 0.396 e. The first-order valence-corrected chi connectivity index (χ1v) is 5.78. The summed E-state index contributed by atoms with van der Waals surface area (Å²) in [7, 11) is 1.93. The van der Waals surface area contributed by atoms with E-state index in [1.807, 2.05) is 11.9 Å². The molecule has 0 heterocycles. The molecule has 0 radical (unpaired) electrons. The summed E-state index contributed by atoms with van der Waals surface area (Å²) >= 11 is 0. The van der Waals surface area contributed by atoms with Crippen molar-refractivity contribution in [2.75, 3.05) is 20.2 Å². The van der Waals surface area contributed by atoms with Crippen LogP contribution in [-0.4, -0.2) is 30.2 Å². The van der Waals surface area contributed by atoms with E-state index in [-0.39, 0.29) is 12.0 Å². The first kappa shape index (κ1) is 12.5. The molecule has 2 rings (SSSR count). The number of aliphatic hydroxyl groups excluding tert-OH is 1. The minimum Gasteiger partial charge on any atom is -0.396 e. The molecule has 0 amide bonds. The molecule has 0 aromatic heterocycles. The van der Waals surface area contributed by atoms with Gasteiger partial charge in [-0.15, -0.1) is 0 Å². The maximum atomic E-state index is 13.0. The second kappa shape index (κ2) is 4.70. The lowest BCUT2D eigenvalue weighted by Gasteiger charge is -2.22. The monoisotopic (exact) mass is 241 g/mol. The molecule has 1 aliphatic carbocycles. The normalized spacial score (nSPS) is 17.5. The van der Waals surface area contributed by atoms with Crippen molar-refractivity contribution < 1.29 is 13.9 Å². The highest BCUT2D eigenvalue weighted by Crippen LogP contribution is 2.45. The van der Waals surface area contributed by atoms with E-state index in [1.165, 1.54) is 6.07 Å². The topological polar surface area (TPSA) is 23.5 Å². The Hall–Kier alpha value is -1.00. The van der Waals surface area contributed by atoms with Crippen LogP contribution in [-0.2, 0) is 6.54 Å². The van der Waals surface area contributed by atoms with Gasteiger partial charge in [-0.3, -0.25) is 0 Å². The molecule has 1 aromatic rings. The number of rotatable bonds is 5. The van der Waals surface area contributed by atoms with E-state index in [0.29, 0.717) is 6.54 Å². The molecule has 1 fully saturated rings. The molecule has 4 heteroatoms. The third-order valence-electron chi connectivity index (χ3n) is 3.33. The number of halogens is 2. The predicted octanol–water partition coefficient (Wildman–Crippen LogP) is 2.17. The summed E-state index contributed by atoms with van der Waals surface area (Å²) in [6, 6.07) is 3.97. The van der Waals surface area contributed by atoms with Gasteiger partial charge in [0.15, 0.2) is 11.6 Å². The van der Waals surface area contributed by atoms with Crippen molar-refractivity contribution in [2.45, 2.75) is 19.4 Å². The minimum absolute atomic E-state index is 0.0489. The fourth-order valence-corrected chi connectivity index (χ4v) is 2.12. The maximum Gasteiger partial charge on any atom is 0.159 e. The molecule has 1 aliphatic rings. The first-order valence-electron chi connectivity index (χ1n) is 5.78. The Morgan fingerprint density at radius 3 is 2.53 bits per heavy atom. The molecular weight excluding hydrogens is 224 g/mol. The zero-order valence-electron chi connectivity index (χ0n) is 9.92. The van der Waals surface area contributed by atoms with Gasteiger partial charge in [-0.1, -0.05) is 6.07 Å². The van der Waals surface area contributed by atoms with E-state index in [0.717, 1.165) is 31.0 Å². The summed E-state index contributed by atoms with van der Waals surface area (Å²) in [4.78, 5) is 2.04. The maximum absolute atomic E-state index is 13.0. The third kappa shape index (κ3) is 3.01. The van der Waals surface area contributed by atoms with E-state index < -0.39 is 11.6 Å². The van der Waals surface area contributed by atoms with Crippen LogP contribution < -0.4 is 0 Å². The average molecular weight is 241 g/mol. The number of hydrogen-bond acceptors (Lipinski definition) is 2. The Labute approximate surface area is 99.9 Å². The van der Waals surface area contributed by atoms with Gasteiger partial charge in [0.05, 0.1) is 0 Å². The van der Waals surface area contributed by atoms with Crippen LogP contribution >= 0.6 is 0 Å². The van der Waals surface area contributed by atoms with Crippen LogP contribution in [0.3, 0.4) is 0 Å². The Kier molecular flexibility index (Phi) is 3.45. The van der Waals surface area contributed by atoms with Gasteiger partial charge in [-0.2, -0.15) is 0 Å². The molecule has 0 saturated heterocycles. The summed E-state index contributed by atoms with van der Waals surface area (Å²) in [5.41, 5.74) is 0.799. The Morgan fingerprint density at radius 2 is 2.00 bits per heavy atom. The van der Waals surface area contributed by atoms with E-state index in [4.69, 9.17) is 0 Å². The number of hydrogen-bond donors (Lipinski definition) is 1. The molecule has 2 nitrogen and oxygen atoms in total. The van der Waals surface area contributed by atoms with Gasteiger partial charge in [0.1, 0.15) is 0 Å². The molecular formula is C13H17F2NO. The molecule has 0 aliphatic heterocycles. The molecule has 1 saturated carbocycles. The predicted molar refractivity (Wildman–Crippen MR) is 61.4 cm³/mol. The van der Waals surface area contributed by atoms with Gasteiger partial charge < -0.3 is 10.0 Å². The Bertz CT molecular complexity index is 404. The van der Waals surface area contributed by atoms with Crippen molar-refractivity contribution in [3.05, 3.63) is 35.4 Å². The van der Waals surface area contributed by atoms with Crippen LogP contribution in [0, 0.1) is 17.0 Å². The van der Waals surface area contributed by atoms with Crippen molar-refractivity contribution in [3.8, 4) is 0 Å². The lowest BCUT2D eigenvalue weighted by molar-refractivity contribution is 0.161. The third-order valence-corrected chi connectivity index (χ3v) is 3.33. The van der Waals surface area contributed by atoms with Gasteiger partial charge in [-0.05, 0) is 37.6 Å². The van der Waals surface area contributed by atoms with E-state index in [9.17, 15) is 13.9 Å². The van der Waals surface area contributed by atoms with Crippen molar-refractivity contribution in [3.63, 3.8) is 0 Å². The van der Waals surface area contributed by atoms with Crippen molar-refractivity contribution in [2.24, 2.45) is 5.41 Å². The zero-order valence-corrected chi connectivity index (χ0v) is 9.92. The van der Waals surface area contributed by atoms with Crippen molar-refractivity contribution >= 4 is 0 Å². The van der Waals surface area contributed by atoms with Gasteiger partial charge in [0.25, 0.3) is 0 Å². The lowest BCUT2D eigenvalue weighted by Crippen LogP contribution is -2.28. The smallest absolute Gasteiger partial charge is 0.159 e. The number of benzene rings is 1.